The van der Waals surface area contributed by atoms with Crippen molar-refractivity contribution in [3.8, 4) is 0 Å². The van der Waals surface area contributed by atoms with Crippen LogP contribution in [0.5, 0.6) is 0 Å². The maximum absolute atomic E-state index is 13.4. The number of anilines is 1. The minimum absolute atomic E-state index is 0.0738. The fourth-order valence-corrected chi connectivity index (χ4v) is 5.46. The van der Waals surface area contributed by atoms with Crippen LogP contribution in [0.25, 0.3) is 10.1 Å². The highest BCUT2D eigenvalue weighted by molar-refractivity contribution is 9.10. The number of hydrogen-bond acceptors (Lipinski definition) is 5. The lowest BCUT2D eigenvalue weighted by molar-refractivity contribution is -0.116. The molecule has 0 radical (unpaired) electrons. The summed E-state index contributed by atoms with van der Waals surface area (Å²) in [6, 6.07) is 19.5. The molecule has 1 N–H and O–H groups in total. The molecule has 0 aliphatic carbocycles. The Morgan fingerprint density at radius 1 is 1.06 bits per heavy atom. The van der Waals surface area contributed by atoms with E-state index in [4.69, 9.17) is 0 Å². The summed E-state index contributed by atoms with van der Waals surface area (Å²) in [5.74, 6) is -0.416. The van der Waals surface area contributed by atoms with E-state index >= 15 is 0 Å². The Morgan fingerprint density at radius 2 is 1.78 bits per heavy atom. The van der Waals surface area contributed by atoms with Gasteiger partial charge < -0.3 is 5.32 Å². The fourth-order valence-electron chi connectivity index (χ4n) is 3.19. The van der Waals surface area contributed by atoms with Gasteiger partial charge in [0, 0.05) is 28.3 Å². The van der Waals surface area contributed by atoms with Crippen molar-refractivity contribution in [1.82, 2.24) is 8.68 Å². The molecule has 3 aromatic carbocycles. The molecule has 9 heteroatoms. The highest BCUT2D eigenvalue weighted by atomic mass is 79.9. The van der Waals surface area contributed by atoms with E-state index in [0.717, 1.165) is 25.7 Å². The van der Waals surface area contributed by atoms with Crippen molar-refractivity contribution >= 4 is 59.2 Å². The van der Waals surface area contributed by atoms with Crippen molar-refractivity contribution in [2.45, 2.75) is 18.4 Å². The number of halogens is 1. The predicted octanol–water partition coefficient (Wildman–Crippen LogP) is 5.20. The number of rotatable bonds is 7. The quantitative estimate of drug-likeness (QED) is 0.357. The smallest absolute Gasteiger partial charge is 0.243 e. The molecule has 6 nitrogen and oxygen atoms in total. The molecule has 0 spiro atoms. The lowest BCUT2D eigenvalue weighted by Gasteiger charge is -2.22. The first kappa shape index (κ1) is 22.6. The van der Waals surface area contributed by atoms with Crippen LogP contribution in [0.4, 0.5) is 5.69 Å². The summed E-state index contributed by atoms with van der Waals surface area (Å²) < 4.78 is 34.0. The number of hydrogen-bond donors (Lipinski definition) is 1. The summed E-state index contributed by atoms with van der Waals surface area (Å²) in [7, 11) is -3.89. The average molecular weight is 530 g/mol. The summed E-state index contributed by atoms with van der Waals surface area (Å²) >= 11 is 4.76. The molecule has 0 unspecified atom stereocenters. The molecular weight excluding hydrogens is 510 g/mol. The molecule has 0 fully saturated rings. The van der Waals surface area contributed by atoms with Gasteiger partial charge >= 0.3 is 0 Å². The van der Waals surface area contributed by atoms with E-state index in [9.17, 15) is 13.2 Å². The first-order valence-corrected chi connectivity index (χ1v) is 12.8. The Morgan fingerprint density at radius 3 is 2.50 bits per heavy atom. The Labute approximate surface area is 199 Å². The Bertz CT molecular complexity index is 1350. The van der Waals surface area contributed by atoms with Gasteiger partial charge in [0.1, 0.15) is 0 Å². The molecule has 0 aliphatic heterocycles. The third kappa shape index (κ3) is 5.24. The Balaban J connectivity index is 1.59. The van der Waals surface area contributed by atoms with Crippen LogP contribution < -0.4 is 5.32 Å². The number of carbonyl (C=O) groups excluding carboxylic acids is 1. The van der Waals surface area contributed by atoms with E-state index in [2.05, 4.69) is 25.6 Å². The van der Waals surface area contributed by atoms with Crippen LogP contribution in [0.1, 0.15) is 11.1 Å². The van der Waals surface area contributed by atoms with Crippen LogP contribution in [0.3, 0.4) is 0 Å². The van der Waals surface area contributed by atoms with E-state index in [1.807, 2.05) is 43.3 Å². The topological polar surface area (TPSA) is 79.4 Å². The highest BCUT2D eigenvalue weighted by Crippen LogP contribution is 2.23. The second-order valence-corrected chi connectivity index (χ2v) is 11.0. The monoisotopic (exact) mass is 529 g/mol. The highest BCUT2D eigenvalue weighted by Gasteiger charge is 2.27. The average Bonchev–Trinajstić information content (AvgIpc) is 3.23. The van der Waals surface area contributed by atoms with Crippen molar-refractivity contribution in [2.75, 3.05) is 11.9 Å². The van der Waals surface area contributed by atoms with Crippen LogP contribution in [-0.2, 0) is 21.4 Å². The molecule has 0 bridgehead atoms. The molecular formula is C23H20BrN3O3S2. The summed E-state index contributed by atoms with van der Waals surface area (Å²) in [6.45, 7) is 1.65. The van der Waals surface area contributed by atoms with E-state index < -0.39 is 15.9 Å². The van der Waals surface area contributed by atoms with E-state index in [-0.39, 0.29) is 18.0 Å². The first-order valence-electron chi connectivity index (χ1n) is 9.77. The van der Waals surface area contributed by atoms with Gasteiger partial charge in [-0.15, -0.1) is 0 Å². The number of aryl methyl sites for hydroxylation is 1. The van der Waals surface area contributed by atoms with Gasteiger partial charge in [-0.25, -0.2) is 8.42 Å². The van der Waals surface area contributed by atoms with Crippen molar-refractivity contribution in [1.29, 1.82) is 0 Å². The number of carbonyl (C=O) groups is 1. The molecule has 0 saturated carbocycles. The zero-order valence-corrected chi connectivity index (χ0v) is 20.4. The predicted molar refractivity (Wildman–Crippen MR) is 131 cm³/mol. The number of aromatic nitrogens is 1. The Hall–Kier alpha value is -2.59. The van der Waals surface area contributed by atoms with Gasteiger partial charge in [-0.1, -0.05) is 45.8 Å². The third-order valence-electron chi connectivity index (χ3n) is 4.89. The van der Waals surface area contributed by atoms with Crippen molar-refractivity contribution in [2.24, 2.45) is 0 Å². The number of nitrogens with zero attached hydrogens (tertiary/aromatic N) is 2. The zero-order chi connectivity index (χ0) is 22.7. The fraction of sp³-hybridized carbons (Fsp3) is 0.130. The van der Waals surface area contributed by atoms with Gasteiger partial charge in [-0.3, -0.25) is 4.79 Å². The molecule has 164 valence electrons. The van der Waals surface area contributed by atoms with E-state index in [0.29, 0.717) is 5.69 Å². The molecule has 0 aliphatic rings. The van der Waals surface area contributed by atoms with Crippen LogP contribution >= 0.6 is 27.5 Å². The lowest BCUT2D eigenvalue weighted by Crippen LogP contribution is -2.37. The summed E-state index contributed by atoms with van der Waals surface area (Å²) in [6.07, 6.45) is 1.73. The molecule has 1 aromatic heterocycles. The van der Waals surface area contributed by atoms with Crippen molar-refractivity contribution in [3.63, 3.8) is 0 Å². The Kier molecular flexibility index (Phi) is 6.71. The minimum atomic E-state index is -3.89. The van der Waals surface area contributed by atoms with Crippen LogP contribution in [0, 0.1) is 6.92 Å². The standard InChI is InChI=1S/C23H20BrN3O3S2/c1-16-2-9-21(10-3-16)32(29,30)27(14-17-4-6-19(24)7-5-17)15-23(28)26-20-8-11-22-18(12-20)13-25-31-22/h2-13H,14-15H2,1H3,(H,26,28). The molecule has 0 atom stereocenters. The molecule has 1 amide bonds. The molecule has 32 heavy (non-hydrogen) atoms. The second kappa shape index (κ2) is 9.50. The van der Waals surface area contributed by atoms with E-state index in [1.54, 1.807) is 36.5 Å². The number of fused-ring (bicyclic) bond motifs is 1. The number of amides is 1. The lowest BCUT2D eigenvalue weighted by atomic mass is 10.2. The molecule has 4 aromatic rings. The third-order valence-corrected chi connectivity index (χ3v) is 8.00. The van der Waals surface area contributed by atoms with Gasteiger partial charge in [0.05, 0.1) is 16.1 Å². The zero-order valence-electron chi connectivity index (χ0n) is 17.2. The number of sulfonamides is 1. The minimum Gasteiger partial charge on any atom is -0.325 e. The van der Waals surface area contributed by atoms with Crippen molar-refractivity contribution < 1.29 is 13.2 Å². The van der Waals surface area contributed by atoms with Crippen LogP contribution in [0.15, 0.2) is 82.3 Å². The van der Waals surface area contributed by atoms with Gasteiger partial charge in [0.25, 0.3) is 0 Å². The van der Waals surface area contributed by atoms with Crippen molar-refractivity contribution in [3.05, 3.63) is 88.5 Å². The van der Waals surface area contributed by atoms with Gasteiger partial charge in [0.2, 0.25) is 15.9 Å². The molecule has 1 heterocycles. The number of nitrogens with one attached hydrogen (secondary N) is 1. The molecule has 0 saturated heterocycles. The number of benzene rings is 3. The molecule has 4 rings (SSSR count). The largest absolute Gasteiger partial charge is 0.325 e. The maximum Gasteiger partial charge on any atom is 0.243 e. The van der Waals surface area contributed by atoms with Crippen LogP contribution in [0.2, 0.25) is 0 Å². The van der Waals surface area contributed by atoms with Crippen LogP contribution in [-0.4, -0.2) is 29.5 Å². The first-order chi connectivity index (χ1) is 15.3. The normalized spacial score (nSPS) is 11.7. The van der Waals surface area contributed by atoms with Gasteiger partial charge in [-0.05, 0) is 66.5 Å². The summed E-state index contributed by atoms with van der Waals surface area (Å²) in [4.78, 5) is 13.0. The SMILES string of the molecule is Cc1ccc(S(=O)(=O)N(CC(=O)Nc2ccc3sncc3c2)Cc2ccc(Br)cc2)cc1. The van der Waals surface area contributed by atoms with E-state index in [1.165, 1.54) is 15.8 Å². The summed E-state index contributed by atoms with van der Waals surface area (Å²) in [5, 5.41) is 3.73. The van der Waals surface area contributed by atoms with Gasteiger partial charge in [-0.2, -0.15) is 8.68 Å². The summed E-state index contributed by atoms with van der Waals surface area (Å²) in [5.41, 5.74) is 2.33. The maximum atomic E-state index is 13.4. The van der Waals surface area contributed by atoms with Gasteiger partial charge in [0.15, 0.2) is 0 Å². The second-order valence-electron chi connectivity index (χ2n) is 7.34.